The Balaban J connectivity index is 1.78. The number of hydroxylamine groups is 1. The van der Waals surface area contributed by atoms with Gasteiger partial charge in [-0.3, -0.25) is 0 Å². The van der Waals surface area contributed by atoms with Crippen LogP contribution in [0.2, 0.25) is 0 Å². The molecule has 7 nitrogen and oxygen atoms in total. The van der Waals surface area contributed by atoms with Gasteiger partial charge in [0.2, 0.25) is 17.7 Å². The lowest BCUT2D eigenvalue weighted by Gasteiger charge is -2.29. The van der Waals surface area contributed by atoms with Gasteiger partial charge in [-0.2, -0.15) is 4.74 Å². The van der Waals surface area contributed by atoms with Gasteiger partial charge >= 0.3 is 12.2 Å². The predicted molar refractivity (Wildman–Crippen MR) is 86.4 cm³/mol. The molecule has 0 saturated carbocycles. The van der Waals surface area contributed by atoms with E-state index in [2.05, 4.69) is 4.99 Å². The number of aliphatic hydroxyl groups is 1. The monoisotopic (exact) mass is 330 g/mol. The molecule has 0 saturated heterocycles. The Bertz CT molecular complexity index is 748. The molecule has 0 bridgehead atoms. The van der Waals surface area contributed by atoms with E-state index in [0.29, 0.717) is 10.3 Å². The van der Waals surface area contributed by atoms with Crippen molar-refractivity contribution in [3.05, 3.63) is 52.2 Å². The number of esters is 1. The van der Waals surface area contributed by atoms with Crippen LogP contribution in [-0.2, 0) is 20.9 Å². The van der Waals surface area contributed by atoms with E-state index in [1.165, 1.54) is 0 Å². The van der Waals surface area contributed by atoms with Gasteiger partial charge in [0, 0.05) is 0 Å². The average molecular weight is 330 g/mol. The largest absolute Gasteiger partial charge is 0.621 e. The van der Waals surface area contributed by atoms with E-state index in [9.17, 15) is 10.0 Å². The highest BCUT2D eigenvalue weighted by atomic mass is 16.6. The maximum Gasteiger partial charge on any atom is 0.344 e. The molecule has 126 valence electrons. The number of carbonyl (C=O) groups is 1. The first-order valence-corrected chi connectivity index (χ1v) is 7.59. The van der Waals surface area contributed by atoms with E-state index in [0.717, 1.165) is 5.56 Å². The second-order valence-corrected chi connectivity index (χ2v) is 5.78. The molecular weight excluding hydrogens is 312 g/mol. The Morgan fingerprint density at radius 3 is 2.71 bits per heavy atom. The Hall–Kier alpha value is -2.67. The van der Waals surface area contributed by atoms with Gasteiger partial charge in [-0.25, -0.2) is 9.79 Å². The number of aliphatic hydroxyl groups excluding tert-OH is 1. The molecule has 1 aromatic rings. The van der Waals surface area contributed by atoms with Crippen molar-refractivity contribution in [2.45, 2.75) is 32.7 Å². The fourth-order valence-corrected chi connectivity index (χ4v) is 2.71. The molecule has 0 spiro atoms. The summed E-state index contributed by atoms with van der Waals surface area (Å²) >= 11 is 0. The molecule has 2 unspecified atom stereocenters. The van der Waals surface area contributed by atoms with Crippen LogP contribution in [0.3, 0.4) is 0 Å². The Labute approximate surface area is 139 Å². The first kappa shape index (κ1) is 16.2. The molecule has 7 heteroatoms. The highest BCUT2D eigenvalue weighted by Crippen LogP contribution is 2.29. The number of nitrogens with zero attached hydrogens (tertiary/aromatic N) is 2. The highest BCUT2D eigenvalue weighted by Gasteiger charge is 2.56. The van der Waals surface area contributed by atoms with Crippen LogP contribution in [-0.4, -0.2) is 46.3 Å². The summed E-state index contributed by atoms with van der Waals surface area (Å²) in [7, 11) is 0. The molecule has 2 heterocycles. The Morgan fingerprint density at radius 2 is 2.08 bits per heavy atom. The van der Waals surface area contributed by atoms with Crippen molar-refractivity contribution in [3.8, 4) is 0 Å². The van der Waals surface area contributed by atoms with Crippen molar-refractivity contribution in [2.24, 2.45) is 4.99 Å². The number of hydrogen-bond donors (Lipinski definition) is 1. The molecule has 3 rings (SSSR count). The minimum absolute atomic E-state index is 0.103. The first-order chi connectivity index (χ1) is 11.5. The number of ether oxygens (including phenoxy) is 2. The SMILES string of the molecule is CC(C)=C(C(=O)OCc1ccccc1)C1=[N+]([O-])C2OC(CO)=NC12. The zero-order valence-electron chi connectivity index (χ0n) is 13.4. The fourth-order valence-electron chi connectivity index (χ4n) is 2.71. The number of benzene rings is 1. The molecule has 24 heavy (non-hydrogen) atoms. The number of hydrogen-bond acceptors (Lipinski definition) is 6. The van der Waals surface area contributed by atoms with E-state index in [1.807, 2.05) is 30.3 Å². The third-order valence-electron chi connectivity index (χ3n) is 3.87. The number of fused-ring (bicyclic) bond motifs is 1. The second-order valence-electron chi connectivity index (χ2n) is 5.78. The van der Waals surface area contributed by atoms with Crippen LogP contribution in [0.1, 0.15) is 19.4 Å². The van der Waals surface area contributed by atoms with E-state index in [-0.39, 0.29) is 30.4 Å². The van der Waals surface area contributed by atoms with Gasteiger partial charge in [-0.05, 0) is 19.4 Å². The van der Waals surface area contributed by atoms with Crippen LogP contribution in [0.5, 0.6) is 0 Å². The van der Waals surface area contributed by atoms with Crippen LogP contribution in [0.15, 0.2) is 46.5 Å². The molecule has 2 aliphatic rings. The molecular formula is C17H18N2O5. The maximum atomic E-state index is 12.5. The predicted octanol–water partition coefficient (Wildman–Crippen LogP) is 1.15. The maximum absolute atomic E-state index is 12.5. The molecule has 0 fully saturated rings. The third-order valence-corrected chi connectivity index (χ3v) is 3.87. The van der Waals surface area contributed by atoms with Gasteiger partial charge in [0.25, 0.3) is 0 Å². The lowest BCUT2D eigenvalue weighted by atomic mass is 9.93. The number of carbonyl (C=O) groups excluding carboxylic acids is 1. The van der Waals surface area contributed by atoms with Gasteiger partial charge in [0.1, 0.15) is 18.8 Å². The molecule has 2 aliphatic heterocycles. The number of allylic oxidation sites excluding steroid dienone is 1. The minimum atomic E-state index is -0.807. The van der Waals surface area contributed by atoms with Crippen molar-refractivity contribution in [3.63, 3.8) is 0 Å². The summed E-state index contributed by atoms with van der Waals surface area (Å²) in [5.41, 5.74) is 1.96. The normalized spacial score (nSPS) is 21.4. The smallest absolute Gasteiger partial charge is 0.344 e. The Morgan fingerprint density at radius 1 is 1.38 bits per heavy atom. The van der Waals surface area contributed by atoms with Gasteiger partial charge in [-0.15, -0.1) is 0 Å². The third kappa shape index (κ3) is 2.78. The zero-order valence-corrected chi connectivity index (χ0v) is 13.4. The minimum Gasteiger partial charge on any atom is -0.621 e. The van der Waals surface area contributed by atoms with Gasteiger partial charge < -0.3 is 19.8 Å². The zero-order chi connectivity index (χ0) is 17.3. The molecule has 1 N–H and O–H groups in total. The lowest BCUT2D eigenvalue weighted by Crippen LogP contribution is -2.54. The Kier molecular flexibility index (Phi) is 4.35. The van der Waals surface area contributed by atoms with Crippen LogP contribution in [0, 0.1) is 5.21 Å². The standard InChI is InChI=1S/C17H18N2O5/c1-10(2)13(17(21)23-9-11-6-4-3-5-7-11)15-14-16(19(15)22)24-12(8-20)18-14/h3-7,14,16,20H,8-9H2,1-2H3. The van der Waals surface area contributed by atoms with Gasteiger partial charge in [0.05, 0.1) is 0 Å². The van der Waals surface area contributed by atoms with Crippen molar-refractivity contribution in [1.82, 2.24) is 0 Å². The summed E-state index contributed by atoms with van der Waals surface area (Å²) in [5.74, 6) is -0.465. The topological polar surface area (TPSA) is 94.2 Å². The van der Waals surface area contributed by atoms with Crippen molar-refractivity contribution in [1.29, 1.82) is 0 Å². The van der Waals surface area contributed by atoms with Crippen molar-refractivity contribution >= 4 is 17.6 Å². The number of rotatable bonds is 5. The van der Waals surface area contributed by atoms with Crippen molar-refractivity contribution in [2.75, 3.05) is 6.61 Å². The molecule has 0 aliphatic carbocycles. The molecule has 0 radical (unpaired) electrons. The molecule has 1 aromatic carbocycles. The van der Waals surface area contributed by atoms with E-state index in [1.54, 1.807) is 13.8 Å². The van der Waals surface area contributed by atoms with Crippen LogP contribution in [0.4, 0.5) is 0 Å². The van der Waals surface area contributed by atoms with Crippen molar-refractivity contribution < 1.29 is 24.1 Å². The summed E-state index contributed by atoms with van der Waals surface area (Å²) in [5, 5.41) is 21.3. The molecule has 0 aromatic heterocycles. The average Bonchev–Trinajstić information content (AvgIpc) is 2.97. The lowest BCUT2D eigenvalue weighted by molar-refractivity contribution is -0.573. The summed E-state index contributed by atoms with van der Waals surface area (Å²) in [6.07, 6.45) is -0.807. The summed E-state index contributed by atoms with van der Waals surface area (Å²) in [6.45, 7) is 3.22. The van der Waals surface area contributed by atoms with Crippen LogP contribution in [0.25, 0.3) is 0 Å². The summed E-state index contributed by atoms with van der Waals surface area (Å²) in [4.78, 5) is 16.6. The quantitative estimate of drug-likeness (QED) is 0.378. The van der Waals surface area contributed by atoms with E-state index in [4.69, 9.17) is 14.6 Å². The molecule has 2 atom stereocenters. The van der Waals surface area contributed by atoms with Gasteiger partial charge in [-0.1, -0.05) is 35.9 Å². The van der Waals surface area contributed by atoms with E-state index >= 15 is 0 Å². The van der Waals surface area contributed by atoms with E-state index < -0.39 is 18.2 Å². The molecule has 0 amide bonds. The summed E-state index contributed by atoms with van der Waals surface area (Å²) in [6, 6.07) is 8.73. The highest BCUT2D eigenvalue weighted by molar-refractivity contribution is 6.22. The van der Waals surface area contributed by atoms with Crippen LogP contribution < -0.4 is 0 Å². The first-order valence-electron chi connectivity index (χ1n) is 7.59. The second kappa shape index (κ2) is 6.45. The summed E-state index contributed by atoms with van der Waals surface area (Å²) < 4.78 is 11.2. The van der Waals surface area contributed by atoms with Crippen LogP contribution >= 0.6 is 0 Å². The van der Waals surface area contributed by atoms with Gasteiger partial charge in [0.15, 0.2) is 0 Å². The number of aliphatic imine (C=N–C) groups is 1. The fraction of sp³-hybridized carbons (Fsp3) is 0.353.